The molecule has 1 aliphatic rings. The molecule has 3 heterocycles. The molecule has 1 aliphatic heterocycles. The van der Waals surface area contributed by atoms with Crippen LogP contribution < -0.4 is 0 Å². The van der Waals surface area contributed by atoms with Gasteiger partial charge in [0.25, 0.3) is 5.91 Å². The highest BCUT2D eigenvalue weighted by Crippen LogP contribution is 2.27. The number of carbonyl (C=O) groups is 2. The molecule has 2 amide bonds. The van der Waals surface area contributed by atoms with E-state index in [2.05, 4.69) is 41.7 Å². The predicted molar refractivity (Wildman–Crippen MR) is 123 cm³/mol. The van der Waals surface area contributed by atoms with Crippen LogP contribution in [0.25, 0.3) is 10.4 Å². The molecule has 1 aromatic carbocycles. The van der Waals surface area contributed by atoms with E-state index in [1.54, 1.807) is 40.2 Å². The van der Waals surface area contributed by atoms with Crippen LogP contribution >= 0.6 is 11.3 Å². The Morgan fingerprint density at radius 3 is 2.77 bits per heavy atom. The van der Waals surface area contributed by atoms with Gasteiger partial charge in [-0.3, -0.25) is 14.3 Å². The van der Waals surface area contributed by atoms with Crippen molar-refractivity contribution in [2.45, 2.75) is 19.8 Å². The fraction of sp³-hybridized carbons (Fsp3) is 0.375. The third-order valence-corrected chi connectivity index (χ3v) is 6.59. The number of hydrogen-bond donors (Lipinski definition) is 0. The highest BCUT2D eigenvalue weighted by atomic mass is 32.1. The monoisotopic (exact) mass is 436 g/mol. The minimum atomic E-state index is -0.264. The molecule has 1 fully saturated rings. The molecule has 162 valence electrons. The number of benzene rings is 1. The number of thiophene rings is 1. The zero-order valence-corrected chi connectivity index (χ0v) is 18.8. The Bertz CT molecular complexity index is 1040. The maximum Gasteiger partial charge on any atom is 0.274 e. The summed E-state index contributed by atoms with van der Waals surface area (Å²) < 4.78 is 1.63. The average Bonchev–Trinajstić information content (AvgIpc) is 3.43. The molecule has 4 rings (SSSR count). The molecule has 0 saturated carbocycles. The summed E-state index contributed by atoms with van der Waals surface area (Å²) in [5.41, 5.74) is 2.71. The summed E-state index contributed by atoms with van der Waals surface area (Å²) in [5.74, 6) is -0.232. The smallest absolute Gasteiger partial charge is 0.274 e. The first-order chi connectivity index (χ1) is 15.0. The molecule has 31 heavy (non-hydrogen) atoms. The minimum Gasteiger partial charge on any atom is -0.341 e. The van der Waals surface area contributed by atoms with Gasteiger partial charge in [0.2, 0.25) is 5.91 Å². The molecule has 0 spiro atoms. The number of nitrogens with zero attached hydrogens (tertiary/aromatic N) is 4. The summed E-state index contributed by atoms with van der Waals surface area (Å²) in [6.45, 7) is 4.31. The van der Waals surface area contributed by atoms with Gasteiger partial charge in [-0.05, 0) is 41.5 Å². The van der Waals surface area contributed by atoms with Gasteiger partial charge in [0.15, 0.2) is 0 Å². The lowest BCUT2D eigenvalue weighted by atomic mass is 9.96. The van der Waals surface area contributed by atoms with E-state index < -0.39 is 0 Å². The largest absolute Gasteiger partial charge is 0.341 e. The predicted octanol–water partition coefficient (Wildman–Crippen LogP) is 3.70. The highest BCUT2D eigenvalue weighted by molar-refractivity contribution is 7.13. The molecule has 7 heteroatoms. The number of carbonyl (C=O) groups excluding carboxylic acids is 2. The lowest BCUT2D eigenvalue weighted by molar-refractivity contribution is -0.134. The molecule has 0 aliphatic carbocycles. The number of aryl methyl sites for hydroxylation is 1. The van der Waals surface area contributed by atoms with Gasteiger partial charge in [-0.1, -0.05) is 37.3 Å². The van der Waals surface area contributed by atoms with E-state index in [9.17, 15) is 9.59 Å². The second kappa shape index (κ2) is 9.47. The molecule has 0 bridgehead atoms. The Labute approximate surface area is 187 Å². The second-order valence-electron chi connectivity index (χ2n) is 8.03. The SMILES string of the molecule is CCCN1CCN(C(=O)c2ccn(C)n2)CC(Cc2cccc(-c3cccs3)c2)C1=O. The van der Waals surface area contributed by atoms with Crippen molar-refractivity contribution in [1.29, 1.82) is 0 Å². The first-order valence-corrected chi connectivity index (χ1v) is 11.6. The number of amides is 2. The van der Waals surface area contributed by atoms with Gasteiger partial charge in [0.1, 0.15) is 5.69 Å². The summed E-state index contributed by atoms with van der Waals surface area (Å²) in [4.78, 5) is 31.3. The zero-order valence-electron chi connectivity index (χ0n) is 18.0. The lowest BCUT2D eigenvalue weighted by Gasteiger charge is -2.23. The molecule has 6 nitrogen and oxygen atoms in total. The van der Waals surface area contributed by atoms with E-state index in [0.29, 0.717) is 31.7 Å². The van der Waals surface area contributed by atoms with Crippen molar-refractivity contribution in [2.75, 3.05) is 26.2 Å². The van der Waals surface area contributed by atoms with E-state index in [1.807, 2.05) is 17.0 Å². The van der Waals surface area contributed by atoms with E-state index in [1.165, 1.54) is 10.4 Å². The van der Waals surface area contributed by atoms with Gasteiger partial charge >= 0.3 is 0 Å². The fourth-order valence-electron chi connectivity index (χ4n) is 4.14. The third kappa shape index (κ3) is 4.88. The fourth-order valence-corrected chi connectivity index (χ4v) is 4.87. The van der Waals surface area contributed by atoms with Crippen molar-refractivity contribution >= 4 is 23.2 Å². The average molecular weight is 437 g/mol. The maximum absolute atomic E-state index is 13.3. The molecular formula is C24H28N4O2S. The van der Waals surface area contributed by atoms with Crippen molar-refractivity contribution in [1.82, 2.24) is 19.6 Å². The topological polar surface area (TPSA) is 58.4 Å². The van der Waals surface area contributed by atoms with E-state index in [0.717, 1.165) is 18.5 Å². The molecule has 0 radical (unpaired) electrons. The standard InChI is InChI=1S/C24H28N4O2S/c1-3-10-27-12-13-28(24(30)21-9-11-26(2)25-21)17-20(23(27)29)16-18-6-4-7-19(15-18)22-8-5-14-31-22/h4-9,11,14-15,20H,3,10,12-13,16-17H2,1-2H3. The molecular weight excluding hydrogens is 408 g/mol. The van der Waals surface area contributed by atoms with Crippen LogP contribution in [-0.4, -0.2) is 57.6 Å². The van der Waals surface area contributed by atoms with Crippen LogP contribution in [0, 0.1) is 5.92 Å². The quantitative estimate of drug-likeness (QED) is 0.592. The summed E-state index contributed by atoms with van der Waals surface area (Å²) >= 11 is 1.71. The molecule has 3 aromatic rings. The highest BCUT2D eigenvalue weighted by Gasteiger charge is 2.33. The van der Waals surface area contributed by atoms with Crippen LogP contribution in [0.2, 0.25) is 0 Å². The first kappa shape index (κ1) is 21.3. The van der Waals surface area contributed by atoms with Gasteiger partial charge in [-0.25, -0.2) is 0 Å². The lowest BCUT2D eigenvalue weighted by Crippen LogP contribution is -2.38. The van der Waals surface area contributed by atoms with Crippen molar-refractivity contribution in [2.24, 2.45) is 13.0 Å². The maximum atomic E-state index is 13.3. The van der Waals surface area contributed by atoms with E-state index in [-0.39, 0.29) is 17.7 Å². The Kier molecular flexibility index (Phi) is 6.51. The molecule has 1 unspecified atom stereocenters. The van der Waals surface area contributed by atoms with Crippen LogP contribution in [0.5, 0.6) is 0 Å². The summed E-state index contributed by atoms with van der Waals surface area (Å²) in [6.07, 6.45) is 3.29. The Morgan fingerprint density at radius 2 is 2.06 bits per heavy atom. The molecule has 0 N–H and O–H groups in total. The zero-order chi connectivity index (χ0) is 21.8. The van der Waals surface area contributed by atoms with Crippen molar-refractivity contribution in [3.05, 3.63) is 65.3 Å². The summed E-state index contributed by atoms with van der Waals surface area (Å²) in [7, 11) is 1.80. The van der Waals surface area contributed by atoms with Gasteiger partial charge in [-0.15, -0.1) is 11.3 Å². The molecule has 1 saturated heterocycles. The summed E-state index contributed by atoms with van der Waals surface area (Å²) in [6, 6.07) is 14.3. The number of rotatable bonds is 6. The Morgan fingerprint density at radius 1 is 1.19 bits per heavy atom. The number of hydrogen-bond acceptors (Lipinski definition) is 4. The van der Waals surface area contributed by atoms with Crippen molar-refractivity contribution in [3.63, 3.8) is 0 Å². The molecule has 1 atom stereocenters. The van der Waals surface area contributed by atoms with Crippen molar-refractivity contribution < 1.29 is 9.59 Å². The van der Waals surface area contributed by atoms with Crippen molar-refractivity contribution in [3.8, 4) is 10.4 Å². The van der Waals surface area contributed by atoms with Crippen LogP contribution in [-0.2, 0) is 18.3 Å². The van der Waals surface area contributed by atoms with Crippen LogP contribution in [0.1, 0.15) is 29.4 Å². The van der Waals surface area contributed by atoms with Crippen LogP contribution in [0.15, 0.2) is 54.0 Å². The van der Waals surface area contributed by atoms with Gasteiger partial charge < -0.3 is 9.80 Å². The van der Waals surface area contributed by atoms with Crippen LogP contribution in [0.4, 0.5) is 0 Å². The van der Waals surface area contributed by atoms with Crippen LogP contribution in [0.3, 0.4) is 0 Å². The minimum absolute atomic E-state index is 0.107. The van der Waals surface area contributed by atoms with Gasteiger partial charge in [0, 0.05) is 44.3 Å². The summed E-state index contributed by atoms with van der Waals surface area (Å²) in [5, 5.41) is 6.34. The van der Waals surface area contributed by atoms with E-state index >= 15 is 0 Å². The third-order valence-electron chi connectivity index (χ3n) is 5.67. The number of aromatic nitrogens is 2. The first-order valence-electron chi connectivity index (χ1n) is 10.8. The second-order valence-corrected chi connectivity index (χ2v) is 8.98. The Balaban J connectivity index is 1.57. The molecule has 2 aromatic heterocycles. The van der Waals surface area contributed by atoms with Gasteiger partial charge in [0.05, 0.1) is 5.92 Å². The van der Waals surface area contributed by atoms with E-state index in [4.69, 9.17) is 0 Å². The van der Waals surface area contributed by atoms with Gasteiger partial charge in [-0.2, -0.15) is 5.10 Å². The Hall–Kier alpha value is -2.93. The normalized spacial score (nSPS) is 17.1.